The van der Waals surface area contributed by atoms with Gasteiger partial charge in [-0.2, -0.15) is 9.61 Å². The highest BCUT2D eigenvalue weighted by atomic mass is 32.2. The lowest BCUT2D eigenvalue weighted by Crippen LogP contribution is -2.11. The summed E-state index contributed by atoms with van der Waals surface area (Å²) < 4.78 is 1.53. The summed E-state index contributed by atoms with van der Waals surface area (Å²) in [5, 5.41) is 13.2. The summed E-state index contributed by atoms with van der Waals surface area (Å²) in [4.78, 5) is 15.2. The first-order valence-corrected chi connectivity index (χ1v) is 7.94. The van der Waals surface area contributed by atoms with E-state index in [9.17, 15) is 4.79 Å². The molecule has 7 nitrogen and oxygen atoms in total. The number of carbonyl (C=O) groups is 1. The lowest BCUT2D eigenvalue weighted by Gasteiger charge is -2.03. The number of amides is 1. The third-order valence-electron chi connectivity index (χ3n) is 3.52. The fraction of sp³-hybridized carbons (Fsp3) is 0.133. The van der Waals surface area contributed by atoms with Crippen molar-refractivity contribution in [2.45, 2.75) is 6.92 Å². The lowest BCUT2D eigenvalue weighted by atomic mass is 10.1. The van der Waals surface area contributed by atoms with Crippen LogP contribution in [0.2, 0.25) is 0 Å². The van der Waals surface area contributed by atoms with Crippen molar-refractivity contribution in [2.75, 3.05) is 11.5 Å². The van der Waals surface area contributed by atoms with Crippen molar-refractivity contribution in [1.29, 1.82) is 0 Å². The van der Waals surface area contributed by atoms with Gasteiger partial charge in [0, 0.05) is 11.6 Å². The Labute approximate surface area is 135 Å². The number of carbonyl (C=O) groups excluding carboxylic acids is 1. The maximum absolute atomic E-state index is 11.3. The Hall–Kier alpha value is -2.74. The van der Waals surface area contributed by atoms with Gasteiger partial charge < -0.3 is 5.73 Å². The summed E-state index contributed by atoms with van der Waals surface area (Å²) in [5.41, 5.74) is 10.0. The molecule has 4 rings (SSSR count). The molecule has 3 aromatic rings. The van der Waals surface area contributed by atoms with Crippen LogP contribution in [0.4, 0.5) is 5.82 Å². The molecule has 1 amide bonds. The van der Waals surface area contributed by atoms with Crippen molar-refractivity contribution < 1.29 is 4.79 Å². The Balaban J connectivity index is 1.83. The van der Waals surface area contributed by atoms with Gasteiger partial charge >= 0.3 is 0 Å². The molecule has 0 aliphatic carbocycles. The maximum atomic E-state index is 11.3. The first kappa shape index (κ1) is 13.9. The zero-order valence-electron chi connectivity index (χ0n) is 12.2. The van der Waals surface area contributed by atoms with E-state index in [2.05, 4.69) is 20.3 Å². The summed E-state index contributed by atoms with van der Waals surface area (Å²) in [7, 11) is 0. The van der Waals surface area contributed by atoms with E-state index < -0.39 is 0 Å². The second-order valence-electron chi connectivity index (χ2n) is 5.20. The van der Waals surface area contributed by atoms with E-state index >= 15 is 0 Å². The molecule has 2 aromatic heterocycles. The Morgan fingerprint density at radius 1 is 1.22 bits per heavy atom. The minimum atomic E-state index is -0.188. The van der Waals surface area contributed by atoms with Crippen LogP contribution in [0.1, 0.15) is 11.3 Å². The number of benzene rings is 1. The van der Waals surface area contributed by atoms with Crippen LogP contribution in [0.25, 0.3) is 16.9 Å². The van der Waals surface area contributed by atoms with Crippen LogP contribution in [0.5, 0.6) is 0 Å². The van der Waals surface area contributed by atoms with Gasteiger partial charge in [-0.15, -0.1) is 10.2 Å². The summed E-state index contributed by atoms with van der Waals surface area (Å²) in [6.07, 6.45) is 0. The van der Waals surface area contributed by atoms with E-state index in [0.29, 0.717) is 28.0 Å². The molecule has 1 aliphatic heterocycles. The van der Waals surface area contributed by atoms with Gasteiger partial charge in [0.25, 0.3) is 5.91 Å². The van der Waals surface area contributed by atoms with E-state index in [-0.39, 0.29) is 5.91 Å². The zero-order valence-corrected chi connectivity index (χ0v) is 13.0. The van der Waals surface area contributed by atoms with Gasteiger partial charge in [-0.25, -0.2) is 4.99 Å². The number of rotatable bonds is 2. The van der Waals surface area contributed by atoms with Crippen molar-refractivity contribution in [3.8, 4) is 11.3 Å². The minimum absolute atomic E-state index is 0.188. The molecule has 0 atom stereocenters. The van der Waals surface area contributed by atoms with E-state index in [1.54, 1.807) is 0 Å². The Morgan fingerprint density at radius 2 is 2.00 bits per heavy atom. The maximum Gasteiger partial charge on any atom is 0.257 e. The number of fused-ring (bicyclic) bond motifs is 1. The standard InChI is InChI=1S/C15H12N6OS/c1-8-2-4-9(5-3-8)10-6-11-18-19-13(14(16)21(11)20-10)15-17-12(22)7-23-15/h2-6H,7,16H2,1H3. The normalized spacial score (nSPS) is 14.5. The summed E-state index contributed by atoms with van der Waals surface area (Å²) >= 11 is 1.31. The highest BCUT2D eigenvalue weighted by Gasteiger charge is 2.22. The Morgan fingerprint density at radius 3 is 2.70 bits per heavy atom. The number of nitrogens with two attached hydrogens (primary N) is 1. The quantitative estimate of drug-likeness (QED) is 0.770. The van der Waals surface area contributed by atoms with Gasteiger partial charge in [-0.05, 0) is 6.92 Å². The summed E-state index contributed by atoms with van der Waals surface area (Å²) in [6.45, 7) is 2.03. The largest absolute Gasteiger partial charge is 0.382 e. The van der Waals surface area contributed by atoms with Crippen molar-refractivity contribution in [3.63, 3.8) is 0 Å². The third kappa shape index (κ3) is 2.36. The molecule has 0 saturated heterocycles. The number of hydrogen-bond donors (Lipinski definition) is 1. The van der Waals surface area contributed by atoms with E-state index in [1.807, 2.05) is 37.3 Å². The molecule has 23 heavy (non-hydrogen) atoms. The van der Waals surface area contributed by atoms with Crippen LogP contribution < -0.4 is 5.73 Å². The molecule has 1 aliphatic rings. The summed E-state index contributed by atoms with van der Waals surface area (Å²) in [5.74, 6) is 0.448. The zero-order chi connectivity index (χ0) is 16.0. The molecule has 1 aromatic carbocycles. The fourth-order valence-corrected chi connectivity index (χ4v) is 3.09. The Bertz CT molecular complexity index is 960. The second-order valence-corrected chi connectivity index (χ2v) is 6.16. The van der Waals surface area contributed by atoms with Crippen LogP contribution in [-0.2, 0) is 4.79 Å². The fourth-order valence-electron chi connectivity index (χ4n) is 2.32. The molecule has 2 N–H and O–H groups in total. The predicted octanol–water partition coefficient (Wildman–Crippen LogP) is 1.70. The molecule has 0 saturated carbocycles. The molecular formula is C15H12N6OS. The molecular weight excluding hydrogens is 312 g/mol. The minimum Gasteiger partial charge on any atom is -0.382 e. The highest BCUT2D eigenvalue weighted by molar-refractivity contribution is 8.15. The number of nitrogen functional groups attached to an aromatic ring is 1. The number of anilines is 1. The number of nitrogens with zero attached hydrogens (tertiary/aromatic N) is 5. The van der Waals surface area contributed by atoms with Crippen LogP contribution in [0.3, 0.4) is 0 Å². The van der Waals surface area contributed by atoms with Gasteiger partial charge in [0.1, 0.15) is 5.04 Å². The van der Waals surface area contributed by atoms with Gasteiger partial charge in [0.2, 0.25) is 0 Å². The van der Waals surface area contributed by atoms with Gasteiger partial charge in [-0.1, -0.05) is 41.6 Å². The topological polar surface area (TPSA) is 98.5 Å². The summed E-state index contributed by atoms with van der Waals surface area (Å²) in [6, 6.07) is 9.87. The van der Waals surface area contributed by atoms with Crippen LogP contribution in [0, 0.1) is 6.92 Å². The second kappa shape index (κ2) is 5.17. The molecule has 0 radical (unpaired) electrons. The molecule has 8 heteroatoms. The molecule has 0 fully saturated rings. The number of aliphatic imine (C=N–C) groups is 1. The van der Waals surface area contributed by atoms with Crippen molar-refractivity contribution in [3.05, 3.63) is 41.6 Å². The first-order valence-electron chi connectivity index (χ1n) is 6.95. The van der Waals surface area contributed by atoms with Gasteiger partial charge in [-0.3, -0.25) is 4.79 Å². The molecule has 0 bridgehead atoms. The highest BCUT2D eigenvalue weighted by Crippen LogP contribution is 2.25. The number of hydrogen-bond acceptors (Lipinski definition) is 6. The third-order valence-corrected chi connectivity index (χ3v) is 4.47. The van der Waals surface area contributed by atoms with Crippen LogP contribution >= 0.6 is 11.8 Å². The smallest absolute Gasteiger partial charge is 0.257 e. The average molecular weight is 324 g/mol. The van der Waals surface area contributed by atoms with E-state index in [1.165, 1.54) is 21.8 Å². The molecule has 114 valence electrons. The van der Waals surface area contributed by atoms with Crippen molar-refractivity contribution in [1.82, 2.24) is 19.8 Å². The molecule has 0 spiro atoms. The van der Waals surface area contributed by atoms with E-state index in [0.717, 1.165) is 11.3 Å². The number of aromatic nitrogens is 4. The molecule has 0 unspecified atom stereocenters. The number of thioether (sulfide) groups is 1. The van der Waals surface area contributed by atoms with Crippen LogP contribution in [0.15, 0.2) is 35.3 Å². The van der Waals surface area contributed by atoms with Gasteiger partial charge in [0.05, 0.1) is 11.4 Å². The SMILES string of the molecule is Cc1ccc(-c2cc3nnc(C4=NC(=O)CS4)c(N)n3n2)cc1. The average Bonchev–Trinajstić information content (AvgIpc) is 3.15. The lowest BCUT2D eigenvalue weighted by molar-refractivity contribution is -0.115. The molecule has 3 heterocycles. The van der Waals surface area contributed by atoms with E-state index in [4.69, 9.17) is 5.73 Å². The van der Waals surface area contributed by atoms with Crippen molar-refractivity contribution >= 4 is 34.2 Å². The monoisotopic (exact) mass is 324 g/mol. The first-order chi connectivity index (χ1) is 11.1. The van der Waals surface area contributed by atoms with Crippen LogP contribution in [-0.4, -0.2) is 36.5 Å². The van der Waals surface area contributed by atoms with Crippen molar-refractivity contribution in [2.24, 2.45) is 4.99 Å². The predicted molar refractivity (Wildman–Crippen MR) is 89.4 cm³/mol. The number of aryl methyl sites for hydroxylation is 1. The Kier molecular flexibility index (Phi) is 3.12. The van der Waals surface area contributed by atoms with Gasteiger partial charge in [0.15, 0.2) is 17.2 Å².